The fourth-order valence-corrected chi connectivity index (χ4v) is 5.69. The van der Waals surface area contributed by atoms with Crippen molar-refractivity contribution < 1.29 is 14.3 Å². The topological polar surface area (TPSA) is 61.9 Å². The van der Waals surface area contributed by atoms with Gasteiger partial charge in [-0.1, -0.05) is 39.3 Å². The van der Waals surface area contributed by atoms with E-state index >= 15 is 0 Å². The van der Waals surface area contributed by atoms with Gasteiger partial charge in [0.15, 0.2) is 0 Å². The summed E-state index contributed by atoms with van der Waals surface area (Å²) < 4.78 is 5.06. The van der Waals surface area contributed by atoms with Crippen LogP contribution < -0.4 is 5.32 Å². The number of ether oxygens (including phenoxy) is 1. The molecule has 6 nitrogen and oxygen atoms in total. The lowest BCUT2D eigenvalue weighted by Gasteiger charge is -2.57. The summed E-state index contributed by atoms with van der Waals surface area (Å²) in [4.78, 5) is 29.9. The van der Waals surface area contributed by atoms with Crippen molar-refractivity contribution in [1.82, 2.24) is 9.80 Å². The molecular formula is C29H45N3O3. The molecule has 0 aliphatic heterocycles. The molecule has 0 radical (unpaired) electrons. The number of hydrogen-bond acceptors (Lipinski definition) is 4. The maximum Gasteiger partial charge on any atom is 0.338 e. The minimum Gasteiger partial charge on any atom is -0.462 e. The Kier molecular flexibility index (Phi) is 9.40. The van der Waals surface area contributed by atoms with Crippen LogP contribution in [-0.4, -0.2) is 60.6 Å². The number of carbonyl (C=O) groups excluding carboxylic acids is 2. The Morgan fingerprint density at radius 1 is 1.14 bits per heavy atom. The van der Waals surface area contributed by atoms with Gasteiger partial charge < -0.3 is 19.9 Å². The zero-order valence-electron chi connectivity index (χ0n) is 22.6. The van der Waals surface area contributed by atoms with Crippen molar-refractivity contribution in [1.29, 1.82) is 0 Å². The third kappa shape index (κ3) is 6.46. The van der Waals surface area contributed by atoms with E-state index in [1.807, 2.05) is 4.90 Å². The zero-order valence-corrected chi connectivity index (χ0v) is 22.6. The summed E-state index contributed by atoms with van der Waals surface area (Å²) in [6.07, 6.45) is 6.80. The fourth-order valence-electron chi connectivity index (χ4n) is 5.69. The van der Waals surface area contributed by atoms with Crippen LogP contribution in [0, 0.1) is 17.3 Å². The van der Waals surface area contributed by atoms with E-state index in [9.17, 15) is 9.59 Å². The van der Waals surface area contributed by atoms with Gasteiger partial charge in [-0.05, 0) is 101 Å². The van der Waals surface area contributed by atoms with Crippen molar-refractivity contribution in [2.24, 2.45) is 17.3 Å². The van der Waals surface area contributed by atoms with Gasteiger partial charge in [0.05, 0.1) is 12.2 Å². The Morgan fingerprint density at radius 3 is 2.40 bits per heavy atom. The summed E-state index contributed by atoms with van der Waals surface area (Å²) in [5, 5.41) is 3.08. The second kappa shape index (κ2) is 12.1. The van der Waals surface area contributed by atoms with Crippen LogP contribution in [0.15, 0.2) is 35.9 Å². The molecule has 6 heteroatoms. The van der Waals surface area contributed by atoms with Crippen molar-refractivity contribution in [3.8, 4) is 0 Å². The van der Waals surface area contributed by atoms with Crippen molar-refractivity contribution in [2.45, 2.75) is 73.3 Å². The van der Waals surface area contributed by atoms with Gasteiger partial charge in [0, 0.05) is 18.3 Å². The van der Waals surface area contributed by atoms with Crippen LogP contribution >= 0.6 is 0 Å². The number of rotatable bonds is 12. The Bertz CT molecular complexity index is 889. The summed E-state index contributed by atoms with van der Waals surface area (Å²) in [7, 11) is 0. The zero-order chi connectivity index (χ0) is 25.6. The first-order valence-electron chi connectivity index (χ1n) is 13.5. The molecule has 35 heavy (non-hydrogen) atoms. The molecule has 0 spiro atoms. The lowest BCUT2D eigenvalue weighted by molar-refractivity contribution is -0.0103. The fraction of sp³-hybridized carbons (Fsp3) is 0.655. The molecule has 2 amide bonds. The Labute approximate surface area is 212 Å². The molecule has 1 N–H and O–H groups in total. The number of benzene rings is 1. The molecule has 2 bridgehead atoms. The van der Waals surface area contributed by atoms with Crippen LogP contribution in [0.25, 0.3) is 0 Å². The number of carbonyl (C=O) groups is 2. The van der Waals surface area contributed by atoms with Crippen LogP contribution in [0.1, 0.15) is 77.6 Å². The minimum absolute atomic E-state index is 0.0793. The molecule has 1 fully saturated rings. The van der Waals surface area contributed by atoms with E-state index in [1.54, 1.807) is 31.2 Å². The van der Waals surface area contributed by atoms with Crippen LogP contribution in [0.2, 0.25) is 0 Å². The minimum atomic E-state index is -0.348. The van der Waals surface area contributed by atoms with E-state index in [2.05, 4.69) is 50.9 Å². The number of anilines is 1. The molecule has 0 aromatic heterocycles. The van der Waals surface area contributed by atoms with E-state index in [4.69, 9.17) is 4.74 Å². The van der Waals surface area contributed by atoms with E-state index in [0.717, 1.165) is 44.8 Å². The lowest BCUT2D eigenvalue weighted by atomic mass is 9.49. The summed E-state index contributed by atoms with van der Waals surface area (Å²) >= 11 is 0. The van der Waals surface area contributed by atoms with Crippen LogP contribution in [-0.2, 0) is 4.74 Å². The first-order valence-corrected chi connectivity index (χ1v) is 13.5. The summed E-state index contributed by atoms with van der Waals surface area (Å²) in [6.45, 7) is 17.3. The SMILES string of the molecule is CCOC(=O)c1ccc(NC(=O)N(CC2=CCC3CC2C3(C)C)C(C)CCCN(CC)CC)cc1. The van der Waals surface area contributed by atoms with Gasteiger partial charge in [0.25, 0.3) is 0 Å². The third-order valence-electron chi connectivity index (χ3n) is 8.37. The summed E-state index contributed by atoms with van der Waals surface area (Å²) in [6, 6.07) is 6.99. The number of amides is 2. The smallest absolute Gasteiger partial charge is 0.338 e. The average Bonchev–Trinajstić information content (AvgIpc) is 2.85. The van der Waals surface area contributed by atoms with Crippen LogP contribution in [0.5, 0.6) is 0 Å². The number of esters is 1. The van der Waals surface area contributed by atoms with Gasteiger partial charge in [-0.2, -0.15) is 0 Å². The Balaban J connectivity index is 1.69. The molecule has 3 atom stereocenters. The molecule has 1 saturated carbocycles. The molecule has 3 aliphatic carbocycles. The predicted molar refractivity (Wildman–Crippen MR) is 143 cm³/mol. The second-order valence-corrected chi connectivity index (χ2v) is 10.7. The standard InChI is InChI=1S/C29H45N3O3/c1-7-31(8-2)18-10-11-21(4)32(20-23-12-15-24-19-26(23)29(24,5)6)28(34)30-25-16-13-22(14-17-25)27(33)35-9-3/h12-14,16-17,21,24,26H,7-11,15,18-20H2,1-6H3,(H,30,34). The van der Waals surface area contributed by atoms with E-state index in [1.165, 1.54) is 12.0 Å². The molecule has 1 aromatic rings. The molecular weight excluding hydrogens is 438 g/mol. The highest BCUT2D eigenvalue weighted by Crippen LogP contribution is 2.59. The van der Waals surface area contributed by atoms with Gasteiger partial charge in [0.1, 0.15) is 0 Å². The average molecular weight is 484 g/mol. The first kappa shape index (κ1) is 27.3. The van der Waals surface area contributed by atoms with Crippen molar-refractivity contribution in [3.05, 3.63) is 41.5 Å². The molecule has 0 saturated heterocycles. The lowest BCUT2D eigenvalue weighted by Crippen LogP contribution is -2.51. The van der Waals surface area contributed by atoms with Gasteiger partial charge in [-0.15, -0.1) is 0 Å². The maximum absolute atomic E-state index is 13.5. The first-order chi connectivity index (χ1) is 16.7. The number of fused-ring (bicyclic) bond motifs is 1. The number of hydrogen-bond donors (Lipinski definition) is 1. The molecule has 0 heterocycles. The van der Waals surface area contributed by atoms with E-state index in [0.29, 0.717) is 35.7 Å². The van der Waals surface area contributed by atoms with Crippen molar-refractivity contribution in [2.75, 3.05) is 38.1 Å². The highest BCUT2D eigenvalue weighted by Gasteiger charge is 2.51. The number of allylic oxidation sites excluding steroid dienone is 1. The number of urea groups is 1. The molecule has 1 aromatic carbocycles. The van der Waals surface area contributed by atoms with Gasteiger partial charge in [-0.25, -0.2) is 9.59 Å². The number of nitrogens with one attached hydrogen (secondary N) is 1. The largest absolute Gasteiger partial charge is 0.462 e. The highest BCUT2D eigenvalue weighted by atomic mass is 16.5. The molecule has 3 unspecified atom stereocenters. The van der Waals surface area contributed by atoms with Crippen LogP contribution in [0.3, 0.4) is 0 Å². The van der Waals surface area contributed by atoms with Gasteiger partial charge in [-0.3, -0.25) is 0 Å². The molecule has 3 aliphatic rings. The Morgan fingerprint density at radius 2 is 1.83 bits per heavy atom. The maximum atomic E-state index is 13.5. The third-order valence-corrected chi connectivity index (χ3v) is 8.37. The van der Waals surface area contributed by atoms with Crippen molar-refractivity contribution in [3.63, 3.8) is 0 Å². The van der Waals surface area contributed by atoms with Crippen LogP contribution in [0.4, 0.5) is 10.5 Å². The Hall–Kier alpha value is -2.34. The molecule has 4 rings (SSSR count). The summed E-state index contributed by atoms with van der Waals surface area (Å²) in [5.41, 5.74) is 2.92. The van der Waals surface area contributed by atoms with Gasteiger partial charge in [0.2, 0.25) is 0 Å². The highest BCUT2D eigenvalue weighted by molar-refractivity contribution is 5.92. The second-order valence-electron chi connectivity index (χ2n) is 10.7. The van der Waals surface area contributed by atoms with E-state index < -0.39 is 0 Å². The predicted octanol–water partition coefficient (Wildman–Crippen LogP) is 6.20. The molecule has 194 valence electrons. The van der Waals surface area contributed by atoms with Crippen molar-refractivity contribution >= 4 is 17.7 Å². The quantitative estimate of drug-likeness (QED) is 0.284. The number of nitrogens with zero attached hydrogens (tertiary/aromatic N) is 2. The normalized spacial score (nSPS) is 21.1. The monoisotopic (exact) mass is 483 g/mol. The van der Waals surface area contributed by atoms with Gasteiger partial charge >= 0.3 is 12.0 Å². The van der Waals surface area contributed by atoms with E-state index in [-0.39, 0.29) is 18.0 Å². The summed E-state index contributed by atoms with van der Waals surface area (Å²) in [5.74, 6) is 1.01.